The standard InChI is InChI=1S/C19H22N4O4S/c1-4-23-16(25)10-21(3)18(26)17-13-5-6-22(9-14(13)28-19(17)23)15(24)8-12-7-11(2)20-27-12/h7H,4-6,8-10H2,1-3H3. The lowest BCUT2D eigenvalue weighted by Gasteiger charge is -2.27. The van der Waals surface area contributed by atoms with Gasteiger partial charge in [-0.25, -0.2) is 0 Å². The van der Waals surface area contributed by atoms with Crippen molar-refractivity contribution in [1.29, 1.82) is 0 Å². The van der Waals surface area contributed by atoms with E-state index >= 15 is 0 Å². The monoisotopic (exact) mass is 402 g/mol. The summed E-state index contributed by atoms with van der Waals surface area (Å²) in [7, 11) is 1.66. The molecule has 0 aromatic carbocycles. The lowest BCUT2D eigenvalue weighted by molar-refractivity contribution is -0.131. The van der Waals surface area contributed by atoms with Crippen LogP contribution in [0.25, 0.3) is 0 Å². The van der Waals surface area contributed by atoms with E-state index in [1.165, 1.54) is 16.2 Å². The number of carbonyl (C=O) groups excluding carboxylic acids is 3. The van der Waals surface area contributed by atoms with Gasteiger partial charge in [-0.3, -0.25) is 14.4 Å². The van der Waals surface area contributed by atoms with Crippen LogP contribution in [0.4, 0.5) is 5.00 Å². The number of aryl methyl sites for hydroxylation is 1. The molecule has 0 unspecified atom stereocenters. The first-order valence-corrected chi connectivity index (χ1v) is 10.1. The molecule has 9 heteroatoms. The molecule has 0 saturated carbocycles. The van der Waals surface area contributed by atoms with E-state index < -0.39 is 0 Å². The fraction of sp³-hybridized carbons (Fsp3) is 0.474. The molecule has 0 fully saturated rings. The van der Waals surface area contributed by atoms with E-state index in [4.69, 9.17) is 4.52 Å². The van der Waals surface area contributed by atoms with Crippen LogP contribution in [-0.4, -0.2) is 59.4 Å². The molecule has 0 saturated heterocycles. The number of nitrogens with zero attached hydrogens (tertiary/aromatic N) is 4. The molecule has 0 atom stereocenters. The van der Waals surface area contributed by atoms with Crippen molar-refractivity contribution < 1.29 is 18.9 Å². The smallest absolute Gasteiger partial charge is 0.257 e. The van der Waals surface area contributed by atoms with Crippen molar-refractivity contribution in [2.24, 2.45) is 0 Å². The topological polar surface area (TPSA) is 87.0 Å². The molecule has 0 bridgehead atoms. The van der Waals surface area contributed by atoms with Crippen LogP contribution >= 0.6 is 11.3 Å². The summed E-state index contributed by atoms with van der Waals surface area (Å²) < 4.78 is 5.15. The van der Waals surface area contributed by atoms with Crippen molar-refractivity contribution in [2.45, 2.75) is 33.2 Å². The zero-order valence-electron chi connectivity index (χ0n) is 16.2. The van der Waals surface area contributed by atoms with Gasteiger partial charge in [0.15, 0.2) is 0 Å². The average Bonchev–Trinajstić information content (AvgIpc) is 3.21. The minimum Gasteiger partial charge on any atom is -0.361 e. The highest BCUT2D eigenvalue weighted by molar-refractivity contribution is 7.17. The van der Waals surface area contributed by atoms with Gasteiger partial charge in [0, 0.05) is 31.1 Å². The predicted molar refractivity (Wildman–Crippen MR) is 103 cm³/mol. The van der Waals surface area contributed by atoms with Crippen LogP contribution in [0.5, 0.6) is 0 Å². The molecule has 4 rings (SSSR count). The molecule has 0 radical (unpaired) electrons. The van der Waals surface area contributed by atoms with Crippen molar-refractivity contribution in [3.05, 3.63) is 33.5 Å². The summed E-state index contributed by atoms with van der Waals surface area (Å²) in [5.74, 6) is 0.324. The Morgan fingerprint density at radius 2 is 2.11 bits per heavy atom. The highest BCUT2D eigenvalue weighted by Gasteiger charge is 2.36. The summed E-state index contributed by atoms with van der Waals surface area (Å²) in [5.41, 5.74) is 2.36. The lowest BCUT2D eigenvalue weighted by Crippen LogP contribution is -2.38. The third-order valence-electron chi connectivity index (χ3n) is 5.19. The normalized spacial score (nSPS) is 16.9. The fourth-order valence-electron chi connectivity index (χ4n) is 3.76. The molecule has 2 aromatic rings. The van der Waals surface area contributed by atoms with E-state index in [1.807, 2.05) is 13.8 Å². The molecule has 8 nitrogen and oxygen atoms in total. The van der Waals surface area contributed by atoms with Gasteiger partial charge >= 0.3 is 0 Å². The van der Waals surface area contributed by atoms with Crippen LogP contribution in [0.2, 0.25) is 0 Å². The van der Waals surface area contributed by atoms with E-state index in [0.29, 0.717) is 42.4 Å². The van der Waals surface area contributed by atoms with Gasteiger partial charge in [0.1, 0.15) is 17.3 Å². The summed E-state index contributed by atoms with van der Waals surface area (Å²) in [6, 6.07) is 1.76. The molecular weight excluding hydrogens is 380 g/mol. The first-order valence-electron chi connectivity index (χ1n) is 9.29. The Morgan fingerprint density at radius 3 is 2.79 bits per heavy atom. The third kappa shape index (κ3) is 3.09. The third-order valence-corrected chi connectivity index (χ3v) is 6.43. The molecule has 0 N–H and O–H groups in total. The van der Waals surface area contributed by atoms with Crippen molar-refractivity contribution in [3.63, 3.8) is 0 Å². The maximum atomic E-state index is 12.9. The second-order valence-corrected chi connectivity index (χ2v) is 8.24. The Hall–Kier alpha value is -2.68. The maximum Gasteiger partial charge on any atom is 0.257 e. The minimum absolute atomic E-state index is 0.0303. The van der Waals surface area contributed by atoms with Crippen LogP contribution < -0.4 is 4.90 Å². The first kappa shape index (κ1) is 18.7. The van der Waals surface area contributed by atoms with Gasteiger partial charge in [-0.05, 0) is 25.8 Å². The number of fused-ring (bicyclic) bond motifs is 3. The second-order valence-electron chi connectivity index (χ2n) is 7.16. The van der Waals surface area contributed by atoms with Gasteiger partial charge in [0.2, 0.25) is 11.8 Å². The summed E-state index contributed by atoms with van der Waals surface area (Å²) in [4.78, 5) is 44.0. The molecular formula is C19H22N4O4S. The summed E-state index contributed by atoms with van der Waals surface area (Å²) in [6.45, 7) is 5.31. The number of thiophene rings is 1. The summed E-state index contributed by atoms with van der Waals surface area (Å²) >= 11 is 1.45. The van der Waals surface area contributed by atoms with Gasteiger partial charge in [0.05, 0.1) is 24.2 Å². The quantitative estimate of drug-likeness (QED) is 0.779. The first-order chi connectivity index (χ1) is 13.4. The Bertz CT molecular complexity index is 963. The molecule has 2 aliphatic rings. The number of hydrogen-bond acceptors (Lipinski definition) is 6. The molecule has 28 heavy (non-hydrogen) atoms. The van der Waals surface area contributed by atoms with Gasteiger partial charge in [-0.15, -0.1) is 11.3 Å². The van der Waals surface area contributed by atoms with E-state index in [2.05, 4.69) is 5.16 Å². The van der Waals surface area contributed by atoms with Crippen LogP contribution in [0.1, 0.15) is 39.2 Å². The van der Waals surface area contributed by atoms with Gasteiger partial charge in [0.25, 0.3) is 5.91 Å². The zero-order chi connectivity index (χ0) is 20.0. The largest absolute Gasteiger partial charge is 0.361 e. The zero-order valence-corrected chi connectivity index (χ0v) is 17.0. The Morgan fingerprint density at radius 1 is 1.32 bits per heavy atom. The van der Waals surface area contributed by atoms with Crippen molar-refractivity contribution in [3.8, 4) is 0 Å². The Labute approximate surface area is 166 Å². The molecule has 0 aliphatic carbocycles. The summed E-state index contributed by atoms with van der Waals surface area (Å²) in [5, 5.41) is 4.54. The lowest BCUT2D eigenvalue weighted by atomic mass is 10.0. The van der Waals surface area contributed by atoms with E-state index in [1.54, 1.807) is 22.9 Å². The Balaban J connectivity index is 1.62. The van der Waals surface area contributed by atoms with Gasteiger partial charge in [-0.1, -0.05) is 5.16 Å². The Kier molecular flexibility index (Phi) is 4.70. The van der Waals surface area contributed by atoms with Crippen LogP contribution in [0.3, 0.4) is 0 Å². The van der Waals surface area contributed by atoms with Crippen molar-refractivity contribution >= 4 is 34.1 Å². The number of anilines is 1. The number of amides is 3. The number of carbonyl (C=O) groups is 3. The highest BCUT2D eigenvalue weighted by atomic mass is 32.1. The predicted octanol–water partition coefficient (Wildman–Crippen LogP) is 1.61. The van der Waals surface area contributed by atoms with E-state index in [0.717, 1.165) is 16.1 Å². The molecule has 4 heterocycles. The van der Waals surface area contributed by atoms with Gasteiger partial charge in [-0.2, -0.15) is 0 Å². The number of likely N-dealkylation sites (N-methyl/N-ethyl adjacent to an activating group) is 2. The van der Waals surface area contributed by atoms with Crippen LogP contribution in [0.15, 0.2) is 10.6 Å². The van der Waals surface area contributed by atoms with Gasteiger partial charge < -0.3 is 19.2 Å². The van der Waals surface area contributed by atoms with Crippen molar-refractivity contribution in [1.82, 2.24) is 15.0 Å². The number of hydrogen-bond donors (Lipinski definition) is 0. The molecule has 148 valence electrons. The van der Waals surface area contributed by atoms with E-state index in [-0.39, 0.29) is 30.7 Å². The second kappa shape index (κ2) is 7.05. The highest BCUT2D eigenvalue weighted by Crippen LogP contribution is 2.41. The van der Waals surface area contributed by atoms with Crippen LogP contribution in [0, 0.1) is 6.92 Å². The molecule has 3 amide bonds. The molecule has 2 aliphatic heterocycles. The minimum atomic E-state index is -0.117. The number of rotatable bonds is 3. The van der Waals surface area contributed by atoms with Crippen LogP contribution in [-0.2, 0) is 29.0 Å². The SMILES string of the molecule is CCN1C(=O)CN(C)C(=O)c2c1sc1c2CCN(C(=O)Cc2cc(C)no2)C1. The maximum absolute atomic E-state index is 12.9. The molecule has 2 aromatic heterocycles. The summed E-state index contributed by atoms with van der Waals surface area (Å²) in [6.07, 6.45) is 0.774. The average molecular weight is 402 g/mol. The molecule has 0 spiro atoms. The number of aromatic nitrogens is 1. The van der Waals surface area contributed by atoms with E-state index in [9.17, 15) is 14.4 Å². The van der Waals surface area contributed by atoms with Crippen molar-refractivity contribution in [2.75, 3.05) is 31.6 Å². The fourth-order valence-corrected chi connectivity index (χ4v) is 5.19.